The van der Waals surface area contributed by atoms with Crippen LogP contribution >= 0.6 is 22.7 Å². The third kappa shape index (κ3) is 2.76. The van der Waals surface area contributed by atoms with E-state index in [2.05, 4.69) is 22.4 Å². The summed E-state index contributed by atoms with van der Waals surface area (Å²) in [5.41, 5.74) is 1.23. The molecule has 0 aliphatic rings. The molecule has 0 atom stereocenters. The summed E-state index contributed by atoms with van der Waals surface area (Å²) in [7, 11) is 0. The highest BCUT2D eigenvalue weighted by molar-refractivity contribution is 7.16. The number of aryl methyl sites for hydroxylation is 3. The second-order valence-corrected chi connectivity index (χ2v) is 6.17. The van der Waals surface area contributed by atoms with Crippen LogP contribution in [0.5, 0.6) is 0 Å². The summed E-state index contributed by atoms with van der Waals surface area (Å²) in [6.07, 6.45) is 1.79. The zero-order valence-corrected chi connectivity index (χ0v) is 12.2. The van der Waals surface area contributed by atoms with Gasteiger partial charge in [0.25, 0.3) is 5.91 Å². The molecule has 0 radical (unpaired) electrons. The van der Waals surface area contributed by atoms with Crippen LogP contribution < -0.4 is 5.32 Å². The Balaban J connectivity index is 2.11. The number of hydrogen-bond donors (Lipinski definition) is 1. The lowest BCUT2D eigenvalue weighted by Gasteiger charge is -1.96. The fourth-order valence-electron chi connectivity index (χ4n) is 1.59. The maximum Gasteiger partial charge on any atom is 0.267 e. The Morgan fingerprint density at radius 1 is 1.28 bits per heavy atom. The van der Waals surface area contributed by atoms with E-state index in [0.717, 1.165) is 22.7 Å². The van der Waals surface area contributed by atoms with Gasteiger partial charge >= 0.3 is 0 Å². The summed E-state index contributed by atoms with van der Waals surface area (Å²) in [6, 6.07) is 1.96. The first-order valence-corrected chi connectivity index (χ1v) is 7.50. The Labute approximate surface area is 114 Å². The number of amides is 1. The van der Waals surface area contributed by atoms with E-state index in [4.69, 9.17) is 0 Å². The topological polar surface area (TPSA) is 54.9 Å². The minimum atomic E-state index is -0.0957. The van der Waals surface area contributed by atoms with Gasteiger partial charge in [0.15, 0.2) is 0 Å². The highest BCUT2D eigenvalue weighted by atomic mass is 32.1. The van der Waals surface area contributed by atoms with Gasteiger partial charge in [-0.2, -0.15) is 0 Å². The molecule has 0 aliphatic heterocycles. The van der Waals surface area contributed by atoms with Crippen molar-refractivity contribution >= 4 is 33.7 Å². The number of thiophene rings is 1. The fourth-order valence-corrected chi connectivity index (χ4v) is 3.27. The predicted octanol–water partition coefficient (Wildman–Crippen LogP) is 3.29. The Morgan fingerprint density at radius 3 is 2.61 bits per heavy atom. The fraction of sp³-hybridized carbons (Fsp3) is 0.417. The third-order valence-corrected chi connectivity index (χ3v) is 4.69. The molecule has 0 aromatic carbocycles. The molecule has 0 fully saturated rings. The van der Waals surface area contributed by atoms with E-state index in [1.165, 1.54) is 33.1 Å². The number of rotatable bonds is 4. The van der Waals surface area contributed by atoms with Crippen LogP contribution in [0.2, 0.25) is 0 Å². The normalized spacial score (nSPS) is 10.6. The Hall–Kier alpha value is -1.27. The molecule has 0 saturated heterocycles. The minimum absolute atomic E-state index is 0.0957. The van der Waals surface area contributed by atoms with E-state index >= 15 is 0 Å². The molecule has 4 nitrogen and oxygen atoms in total. The molecule has 1 amide bonds. The standard InChI is InChI=1S/C12H15N3OS2/c1-4-8-6-9(17-7(8)3)11(16)13-12-15-14-10(5-2)18-12/h6H,4-5H2,1-3H3,(H,13,15,16). The Kier molecular flexibility index (Phi) is 4.08. The summed E-state index contributed by atoms with van der Waals surface area (Å²) >= 11 is 2.95. The third-order valence-electron chi connectivity index (χ3n) is 2.62. The lowest BCUT2D eigenvalue weighted by Crippen LogP contribution is -2.09. The van der Waals surface area contributed by atoms with Gasteiger partial charge in [0.1, 0.15) is 5.01 Å². The number of nitrogens with one attached hydrogen (secondary N) is 1. The van der Waals surface area contributed by atoms with Crippen LogP contribution in [0.3, 0.4) is 0 Å². The number of aromatic nitrogens is 2. The lowest BCUT2D eigenvalue weighted by atomic mass is 10.2. The van der Waals surface area contributed by atoms with Crippen LogP contribution in [0, 0.1) is 6.92 Å². The van der Waals surface area contributed by atoms with Crippen molar-refractivity contribution in [3.8, 4) is 0 Å². The van der Waals surface area contributed by atoms with Crippen molar-refractivity contribution in [3.63, 3.8) is 0 Å². The van der Waals surface area contributed by atoms with Gasteiger partial charge in [-0.05, 0) is 31.4 Å². The Bertz CT molecular complexity index is 559. The van der Waals surface area contributed by atoms with Gasteiger partial charge in [-0.25, -0.2) is 0 Å². The number of nitrogens with zero attached hydrogens (tertiary/aromatic N) is 2. The van der Waals surface area contributed by atoms with Crippen LogP contribution in [0.4, 0.5) is 5.13 Å². The molecule has 1 N–H and O–H groups in total. The summed E-state index contributed by atoms with van der Waals surface area (Å²) in [5.74, 6) is -0.0957. The number of anilines is 1. The monoisotopic (exact) mass is 281 g/mol. The molecule has 0 saturated carbocycles. The molecule has 6 heteroatoms. The highest BCUT2D eigenvalue weighted by Gasteiger charge is 2.13. The Morgan fingerprint density at radius 2 is 2.06 bits per heavy atom. The molecule has 0 spiro atoms. The molecular weight excluding hydrogens is 266 g/mol. The largest absolute Gasteiger partial charge is 0.296 e. The van der Waals surface area contributed by atoms with Crippen LogP contribution in [0.1, 0.15) is 39.0 Å². The molecule has 0 bridgehead atoms. The van der Waals surface area contributed by atoms with Gasteiger partial charge in [-0.1, -0.05) is 25.2 Å². The molecule has 0 unspecified atom stereocenters. The number of hydrogen-bond acceptors (Lipinski definition) is 5. The van der Waals surface area contributed by atoms with E-state index in [0.29, 0.717) is 5.13 Å². The smallest absolute Gasteiger partial charge is 0.267 e. The van der Waals surface area contributed by atoms with Gasteiger partial charge in [-0.15, -0.1) is 21.5 Å². The van der Waals surface area contributed by atoms with Crippen LogP contribution in [-0.4, -0.2) is 16.1 Å². The minimum Gasteiger partial charge on any atom is -0.296 e. The second-order valence-electron chi connectivity index (χ2n) is 3.85. The zero-order chi connectivity index (χ0) is 13.1. The first kappa shape index (κ1) is 13.2. The SMILES string of the molecule is CCc1nnc(NC(=O)c2cc(CC)c(C)s2)s1. The van der Waals surface area contributed by atoms with Crippen molar-refractivity contribution in [1.29, 1.82) is 0 Å². The summed E-state index contributed by atoms with van der Waals surface area (Å²) < 4.78 is 0. The maximum atomic E-state index is 12.0. The van der Waals surface area contributed by atoms with Crippen molar-refractivity contribution in [1.82, 2.24) is 10.2 Å². The van der Waals surface area contributed by atoms with Gasteiger partial charge in [0.05, 0.1) is 4.88 Å². The molecular formula is C12H15N3OS2. The first-order valence-electron chi connectivity index (χ1n) is 5.87. The molecule has 96 valence electrons. The average molecular weight is 281 g/mol. The first-order chi connectivity index (χ1) is 8.63. The summed E-state index contributed by atoms with van der Waals surface area (Å²) in [6.45, 7) is 6.15. The van der Waals surface area contributed by atoms with Crippen LogP contribution in [-0.2, 0) is 12.8 Å². The molecule has 2 aromatic rings. The van der Waals surface area contributed by atoms with Gasteiger partial charge in [-0.3, -0.25) is 10.1 Å². The highest BCUT2D eigenvalue weighted by Crippen LogP contribution is 2.24. The van der Waals surface area contributed by atoms with Gasteiger partial charge < -0.3 is 0 Å². The van der Waals surface area contributed by atoms with Crippen molar-refractivity contribution in [2.24, 2.45) is 0 Å². The molecule has 2 rings (SSSR count). The van der Waals surface area contributed by atoms with Crippen molar-refractivity contribution in [3.05, 3.63) is 26.4 Å². The summed E-state index contributed by atoms with van der Waals surface area (Å²) in [4.78, 5) is 14.0. The summed E-state index contributed by atoms with van der Waals surface area (Å²) in [5, 5.41) is 12.2. The molecule has 0 aliphatic carbocycles. The number of carbonyl (C=O) groups excluding carboxylic acids is 1. The van der Waals surface area contributed by atoms with E-state index < -0.39 is 0 Å². The number of carbonyl (C=O) groups is 1. The van der Waals surface area contributed by atoms with E-state index in [1.54, 1.807) is 0 Å². The van der Waals surface area contributed by atoms with E-state index in [1.807, 2.05) is 19.9 Å². The molecule has 18 heavy (non-hydrogen) atoms. The van der Waals surface area contributed by atoms with Crippen molar-refractivity contribution in [2.75, 3.05) is 5.32 Å². The van der Waals surface area contributed by atoms with E-state index in [9.17, 15) is 4.79 Å². The van der Waals surface area contributed by atoms with Crippen molar-refractivity contribution in [2.45, 2.75) is 33.6 Å². The molecule has 2 heterocycles. The van der Waals surface area contributed by atoms with Gasteiger partial charge in [0.2, 0.25) is 5.13 Å². The second kappa shape index (κ2) is 5.58. The van der Waals surface area contributed by atoms with E-state index in [-0.39, 0.29) is 5.91 Å². The molecule has 2 aromatic heterocycles. The van der Waals surface area contributed by atoms with Crippen LogP contribution in [0.25, 0.3) is 0 Å². The zero-order valence-electron chi connectivity index (χ0n) is 10.6. The van der Waals surface area contributed by atoms with Crippen LogP contribution in [0.15, 0.2) is 6.07 Å². The quantitative estimate of drug-likeness (QED) is 0.935. The average Bonchev–Trinajstić information content (AvgIpc) is 2.95. The lowest BCUT2D eigenvalue weighted by molar-refractivity contribution is 0.103. The predicted molar refractivity (Wildman–Crippen MR) is 75.7 cm³/mol. The van der Waals surface area contributed by atoms with Gasteiger partial charge in [0, 0.05) is 4.88 Å². The maximum absolute atomic E-state index is 12.0. The van der Waals surface area contributed by atoms with Crippen molar-refractivity contribution < 1.29 is 4.79 Å².